The second kappa shape index (κ2) is 5.83. The van der Waals surface area contributed by atoms with E-state index in [1.54, 1.807) is 0 Å². The van der Waals surface area contributed by atoms with E-state index in [1.165, 1.54) is 57.8 Å². The molecule has 1 saturated carbocycles. The van der Waals surface area contributed by atoms with Crippen LogP contribution in [-0.4, -0.2) is 7.85 Å². The van der Waals surface area contributed by atoms with Crippen LogP contribution in [0.2, 0.25) is 5.31 Å². The van der Waals surface area contributed by atoms with Crippen molar-refractivity contribution >= 4 is 7.85 Å². The summed E-state index contributed by atoms with van der Waals surface area (Å²) in [5.41, 5.74) is 0. The minimum Gasteiger partial charge on any atom is -0.0629 e. The van der Waals surface area contributed by atoms with Gasteiger partial charge in [-0.1, -0.05) is 76.9 Å². The van der Waals surface area contributed by atoms with Crippen molar-refractivity contribution in [1.29, 1.82) is 0 Å². The van der Waals surface area contributed by atoms with Crippen molar-refractivity contribution in [2.24, 2.45) is 5.92 Å². The molecule has 0 atom stereocenters. The highest BCUT2D eigenvalue weighted by Crippen LogP contribution is 2.43. The predicted octanol–water partition coefficient (Wildman–Crippen LogP) is 3.96. The Kier molecular flexibility index (Phi) is 5.05. The molecule has 0 nitrogen and oxygen atoms in total. The number of rotatable bonds is 1. The number of hydrogen-bond donors (Lipinski definition) is 0. The highest BCUT2D eigenvalue weighted by atomic mass is 14.3. The van der Waals surface area contributed by atoms with Crippen molar-refractivity contribution in [2.45, 2.75) is 76.9 Å². The standard InChI is InChI=1S/C13H27B/c1-12(2)13(14)10-8-6-4-3-5-7-9-11-13/h12H,3-11,14H2,1-2H3. The Labute approximate surface area is 91.3 Å². The molecule has 0 aliphatic heterocycles. The Bertz CT molecular complexity index is 141. The summed E-state index contributed by atoms with van der Waals surface area (Å²) in [6, 6.07) is 0. The van der Waals surface area contributed by atoms with Gasteiger partial charge in [0.1, 0.15) is 7.85 Å². The van der Waals surface area contributed by atoms with Crippen molar-refractivity contribution in [1.82, 2.24) is 0 Å². The summed E-state index contributed by atoms with van der Waals surface area (Å²) in [6.07, 6.45) is 13.3. The summed E-state index contributed by atoms with van der Waals surface area (Å²) < 4.78 is 0. The van der Waals surface area contributed by atoms with Gasteiger partial charge in [0, 0.05) is 0 Å². The molecule has 1 fully saturated rings. The summed E-state index contributed by atoms with van der Waals surface area (Å²) in [6.45, 7) is 4.82. The van der Waals surface area contributed by atoms with Crippen molar-refractivity contribution in [3.8, 4) is 0 Å². The van der Waals surface area contributed by atoms with Gasteiger partial charge in [-0.15, -0.1) is 0 Å². The van der Waals surface area contributed by atoms with E-state index in [4.69, 9.17) is 0 Å². The molecule has 0 aromatic rings. The van der Waals surface area contributed by atoms with E-state index >= 15 is 0 Å². The van der Waals surface area contributed by atoms with Crippen molar-refractivity contribution < 1.29 is 0 Å². The van der Waals surface area contributed by atoms with Gasteiger partial charge in [0.05, 0.1) is 0 Å². The van der Waals surface area contributed by atoms with Gasteiger partial charge in [-0.2, -0.15) is 0 Å². The van der Waals surface area contributed by atoms with Gasteiger partial charge in [-0.05, 0) is 5.92 Å². The van der Waals surface area contributed by atoms with Gasteiger partial charge >= 0.3 is 0 Å². The zero-order valence-corrected chi connectivity index (χ0v) is 10.4. The summed E-state index contributed by atoms with van der Waals surface area (Å²) in [5, 5.41) is 0.636. The van der Waals surface area contributed by atoms with Gasteiger partial charge < -0.3 is 0 Å². The van der Waals surface area contributed by atoms with E-state index in [0.29, 0.717) is 5.31 Å². The summed E-state index contributed by atoms with van der Waals surface area (Å²) in [5.74, 6) is 0.863. The van der Waals surface area contributed by atoms with Gasteiger partial charge in [-0.25, -0.2) is 0 Å². The molecule has 0 spiro atoms. The molecule has 0 aromatic heterocycles. The molecule has 0 N–H and O–H groups in total. The molecule has 1 rings (SSSR count). The molecule has 0 amide bonds. The Morgan fingerprint density at radius 2 is 1.14 bits per heavy atom. The first kappa shape index (κ1) is 12.1. The lowest BCUT2D eigenvalue weighted by Crippen LogP contribution is -2.20. The molecule has 0 radical (unpaired) electrons. The lowest BCUT2D eigenvalue weighted by Gasteiger charge is -2.35. The van der Waals surface area contributed by atoms with Crippen LogP contribution in [-0.2, 0) is 0 Å². The fourth-order valence-corrected chi connectivity index (χ4v) is 2.64. The van der Waals surface area contributed by atoms with E-state index in [-0.39, 0.29) is 0 Å². The fraction of sp³-hybridized carbons (Fsp3) is 1.00. The van der Waals surface area contributed by atoms with Crippen LogP contribution in [0, 0.1) is 5.92 Å². The molecule has 0 unspecified atom stereocenters. The van der Waals surface area contributed by atoms with Crippen LogP contribution in [0.1, 0.15) is 71.6 Å². The minimum absolute atomic E-state index is 0.636. The van der Waals surface area contributed by atoms with E-state index in [9.17, 15) is 0 Å². The monoisotopic (exact) mass is 194 g/mol. The van der Waals surface area contributed by atoms with Crippen LogP contribution >= 0.6 is 0 Å². The third-order valence-electron chi connectivity index (χ3n) is 4.39. The van der Waals surface area contributed by atoms with Crippen LogP contribution in [0.15, 0.2) is 0 Å². The van der Waals surface area contributed by atoms with Gasteiger partial charge in [-0.3, -0.25) is 0 Å². The van der Waals surface area contributed by atoms with Gasteiger partial charge in [0.2, 0.25) is 0 Å². The number of hydrogen-bond acceptors (Lipinski definition) is 0. The highest BCUT2D eigenvalue weighted by molar-refractivity contribution is 6.15. The SMILES string of the molecule is BC1(C(C)C)CCCCCCCCC1. The Morgan fingerprint density at radius 1 is 0.786 bits per heavy atom. The summed E-state index contributed by atoms with van der Waals surface area (Å²) >= 11 is 0. The molecular formula is C13H27B. The highest BCUT2D eigenvalue weighted by Gasteiger charge is 2.27. The van der Waals surface area contributed by atoms with E-state index in [2.05, 4.69) is 21.7 Å². The zero-order valence-electron chi connectivity index (χ0n) is 10.4. The average molecular weight is 194 g/mol. The van der Waals surface area contributed by atoms with E-state index < -0.39 is 0 Å². The quantitative estimate of drug-likeness (QED) is 0.554. The smallest absolute Gasteiger partial charge is 0.0629 e. The topological polar surface area (TPSA) is 0 Å². The van der Waals surface area contributed by atoms with Crippen LogP contribution in [0.25, 0.3) is 0 Å². The lowest BCUT2D eigenvalue weighted by atomic mass is 9.56. The third kappa shape index (κ3) is 3.67. The van der Waals surface area contributed by atoms with Crippen molar-refractivity contribution in [2.75, 3.05) is 0 Å². The molecule has 14 heavy (non-hydrogen) atoms. The predicted molar refractivity (Wildman–Crippen MR) is 67.6 cm³/mol. The first-order chi connectivity index (χ1) is 6.65. The maximum absolute atomic E-state index is 2.51. The molecule has 1 aliphatic rings. The maximum atomic E-state index is 2.51. The Hall–Kier alpha value is 0.0649. The molecule has 1 heteroatoms. The first-order valence-corrected chi connectivity index (χ1v) is 6.65. The first-order valence-electron chi connectivity index (χ1n) is 6.65. The molecule has 0 aromatic carbocycles. The Morgan fingerprint density at radius 3 is 1.50 bits per heavy atom. The van der Waals surface area contributed by atoms with Crippen LogP contribution in [0.4, 0.5) is 0 Å². The maximum Gasteiger partial charge on any atom is 0.109 e. The van der Waals surface area contributed by atoms with Crippen LogP contribution in [0.3, 0.4) is 0 Å². The zero-order chi connectivity index (χ0) is 10.4. The largest absolute Gasteiger partial charge is 0.109 e. The second-order valence-corrected chi connectivity index (χ2v) is 5.78. The minimum atomic E-state index is 0.636. The molecule has 0 heterocycles. The van der Waals surface area contributed by atoms with Crippen molar-refractivity contribution in [3.05, 3.63) is 0 Å². The molecule has 0 saturated heterocycles. The van der Waals surface area contributed by atoms with Crippen LogP contribution < -0.4 is 0 Å². The average Bonchev–Trinajstić information content (AvgIpc) is 2.16. The van der Waals surface area contributed by atoms with E-state index in [0.717, 1.165) is 5.92 Å². The normalized spacial score (nSPS) is 24.8. The fourth-order valence-electron chi connectivity index (χ4n) is 2.64. The molecular weight excluding hydrogens is 167 g/mol. The summed E-state index contributed by atoms with van der Waals surface area (Å²) in [7, 11) is 2.51. The molecule has 0 bridgehead atoms. The van der Waals surface area contributed by atoms with Gasteiger partial charge in [0.25, 0.3) is 0 Å². The van der Waals surface area contributed by atoms with Crippen molar-refractivity contribution in [3.63, 3.8) is 0 Å². The molecule has 1 aliphatic carbocycles. The van der Waals surface area contributed by atoms with Crippen LogP contribution in [0.5, 0.6) is 0 Å². The lowest BCUT2D eigenvalue weighted by molar-refractivity contribution is 0.327. The molecule has 82 valence electrons. The third-order valence-corrected chi connectivity index (χ3v) is 4.39. The van der Waals surface area contributed by atoms with E-state index in [1.807, 2.05) is 0 Å². The van der Waals surface area contributed by atoms with Gasteiger partial charge in [0.15, 0.2) is 0 Å². The second-order valence-electron chi connectivity index (χ2n) is 5.78. The summed E-state index contributed by atoms with van der Waals surface area (Å²) in [4.78, 5) is 0. The Balaban J connectivity index is 2.45.